The Kier molecular flexibility index (Phi) is 68.4. The Morgan fingerprint density at radius 2 is 0.571 bits per heavy atom. The molecule has 5 atom stereocenters. The smallest absolute Gasteiger partial charge is 0.462 e. The molecule has 0 aliphatic rings. The first-order chi connectivity index (χ1) is 47.7. The molecule has 0 fully saturated rings. The average molecular weight is 1420 g/mol. The molecular formula is C79H138O17P2. The van der Waals surface area contributed by atoms with Gasteiger partial charge >= 0.3 is 39.5 Å². The number of carbonyl (C=O) groups excluding carboxylic acids is 4. The number of esters is 4. The van der Waals surface area contributed by atoms with Gasteiger partial charge in [-0.15, -0.1) is 0 Å². The van der Waals surface area contributed by atoms with E-state index in [0.717, 1.165) is 141 Å². The molecule has 0 spiro atoms. The van der Waals surface area contributed by atoms with Crippen LogP contribution in [0.1, 0.15) is 323 Å². The summed E-state index contributed by atoms with van der Waals surface area (Å²) in [6, 6.07) is 0. The van der Waals surface area contributed by atoms with Crippen molar-refractivity contribution in [3.8, 4) is 0 Å². The van der Waals surface area contributed by atoms with Crippen molar-refractivity contribution in [3.63, 3.8) is 0 Å². The topological polar surface area (TPSA) is 237 Å². The highest BCUT2D eigenvalue weighted by Gasteiger charge is 2.30. The molecule has 0 saturated heterocycles. The van der Waals surface area contributed by atoms with Crippen LogP contribution in [0.25, 0.3) is 0 Å². The van der Waals surface area contributed by atoms with Crippen LogP contribution in [0.5, 0.6) is 0 Å². The third-order valence-corrected chi connectivity index (χ3v) is 18.0. The minimum atomic E-state index is -4.99. The molecule has 0 aromatic carbocycles. The zero-order valence-corrected chi connectivity index (χ0v) is 63.5. The first-order valence-electron chi connectivity index (χ1n) is 38.5. The van der Waals surface area contributed by atoms with Crippen molar-refractivity contribution in [2.45, 2.75) is 341 Å². The second-order valence-corrected chi connectivity index (χ2v) is 28.5. The molecule has 0 aromatic rings. The van der Waals surface area contributed by atoms with E-state index in [0.29, 0.717) is 25.7 Å². The summed E-state index contributed by atoms with van der Waals surface area (Å²) < 4.78 is 68.3. The Morgan fingerprint density at radius 3 is 0.908 bits per heavy atom. The summed E-state index contributed by atoms with van der Waals surface area (Å²) in [4.78, 5) is 72.8. The molecule has 0 radical (unpaired) electrons. The zero-order chi connectivity index (χ0) is 71.8. The summed E-state index contributed by atoms with van der Waals surface area (Å²) in [5.41, 5.74) is 0. The highest BCUT2D eigenvalue weighted by molar-refractivity contribution is 7.47. The minimum absolute atomic E-state index is 0.0683. The number of aliphatic hydroxyl groups is 1. The van der Waals surface area contributed by atoms with E-state index < -0.39 is 97.5 Å². The van der Waals surface area contributed by atoms with Gasteiger partial charge < -0.3 is 33.8 Å². The number of phosphoric ester groups is 2. The predicted molar refractivity (Wildman–Crippen MR) is 399 cm³/mol. The maximum atomic E-state index is 13.1. The number of allylic oxidation sites excluding steroid dienone is 15. The van der Waals surface area contributed by atoms with Crippen LogP contribution in [0, 0.1) is 0 Å². The van der Waals surface area contributed by atoms with Crippen LogP contribution in [0.3, 0.4) is 0 Å². The average Bonchev–Trinajstić information content (AvgIpc) is 0.985. The number of hydrogen-bond donors (Lipinski definition) is 3. The lowest BCUT2D eigenvalue weighted by molar-refractivity contribution is -0.161. The van der Waals surface area contributed by atoms with Crippen LogP contribution in [-0.2, 0) is 65.4 Å². The molecule has 98 heavy (non-hydrogen) atoms. The molecule has 0 aromatic heterocycles. The lowest BCUT2D eigenvalue weighted by Crippen LogP contribution is -2.30. The molecule has 0 rings (SSSR count). The summed E-state index contributed by atoms with van der Waals surface area (Å²) >= 11 is 0. The van der Waals surface area contributed by atoms with Crippen LogP contribution in [-0.4, -0.2) is 96.7 Å². The van der Waals surface area contributed by atoms with Gasteiger partial charge in [0.15, 0.2) is 12.2 Å². The molecule has 0 amide bonds. The summed E-state index contributed by atoms with van der Waals surface area (Å²) in [5.74, 6) is -2.31. The van der Waals surface area contributed by atoms with E-state index in [1.165, 1.54) is 103 Å². The first kappa shape index (κ1) is 94.0. The van der Waals surface area contributed by atoms with Gasteiger partial charge in [-0.3, -0.25) is 37.3 Å². The highest BCUT2D eigenvalue weighted by Crippen LogP contribution is 2.45. The normalized spacial score (nSPS) is 14.5. The largest absolute Gasteiger partial charge is 0.472 e. The van der Waals surface area contributed by atoms with Crippen LogP contribution in [0.2, 0.25) is 0 Å². The van der Waals surface area contributed by atoms with E-state index in [1.54, 1.807) is 6.08 Å². The second-order valence-electron chi connectivity index (χ2n) is 25.6. The number of unbranched alkanes of at least 4 members (excludes halogenated alkanes) is 31. The van der Waals surface area contributed by atoms with Crippen molar-refractivity contribution in [2.24, 2.45) is 0 Å². The van der Waals surface area contributed by atoms with E-state index in [1.807, 2.05) is 18.2 Å². The van der Waals surface area contributed by atoms with Gasteiger partial charge in [0.05, 0.1) is 32.8 Å². The Labute approximate surface area is 595 Å². The predicted octanol–water partition coefficient (Wildman–Crippen LogP) is 22.0. The van der Waals surface area contributed by atoms with E-state index in [2.05, 4.69) is 101 Å². The van der Waals surface area contributed by atoms with E-state index >= 15 is 0 Å². The van der Waals surface area contributed by atoms with Crippen molar-refractivity contribution in [2.75, 3.05) is 39.6 Å². The van der Waals surface area contributed by atoms with Crippen molar-refractivity contribution < 1.29 is 80.2 Å². The van der Waals surface area contributed by atoms with Crippen LogP contribution < -0.4 is 0 Å². The molecule has 19 heteroatoms. The summed E-state index contributed by atoms with van der Waals surface area (Å²) in [7, 11) is -9.96. The molecule has 3 N–H and O–H groups in total. The van der Waals surface area contributed by atoms with Gasteiger partial charge in [0.2, 0.25) is 0 Å². The number of ether oxygens (including phenoxy) is 4. The first-order valence-corrected chi connectivity index (χ1v) is 41.5. The Balaban J connectivity index is 5.37. The second kappa shape index (κ2) is 71.4. The molecule has 17 nitrogen and oxygen atoms in total. The lowest BCUT2D eigenvalue weighted by atomic mass is 10.0. The number of hydrogen-bond acceptors (Lipinski definition) is 15. The molecular weight excluding hydrogens is 1280 g/mol. The SMILES string of the molecule is CC/C=C\C/C=C\C/C=C\C/C=C\C/C=C\CC(=O)OCC(COP(=O)(O)OCC(O)COP(=O)(O)OCC(COC(=O)CCCCCCCCC/C=C\C/C=C\C/C=C\CC)OC(=O)CCCCCCCCCCCCCCCCC)OC(=O)CCCCCCCCCCCCC. The zero-order valence-electron chi connectivity index (χ0n) is 61.7. The van der Waals surface area contributed by atoms with Gasteiger partial charge in [0, 0.05) is 19.3 Å². The number of phosphoric acid groups is 2. The Bertz CT molecular complexity index is 2240. The molecule has 0 aliphatic carbocycles. The molecule has 5 unspecified atom stereocenters. The summed E-state index contributed by atoms with van der Waals surface area (Å²) in [6.45, 7) is 4.55. The number of rotatable bonds is 72. The molecule has 0 heterocycles. The third kappa shape index (κ3) is 70.4. The van der Waals surface area contributed by atoms with E-state index in [-0.39, 0.29) is 25.7 Å². The quantitative estimate of drug-likeness (QED) is 0.0169. The van der Waals surface area contributed by atoms with E-state index in [9.17, 15) is 43.2 Å². The molecule has 566 valence electrons. The minimum Gasteiger partial charge on any atom is -0.462 e. The Hall–Kier alpha value is -4.02. The molecule has 0 saturated carbocycles. The van der Waals surface area contributed by atoms with Crippen molar-refractivity contribution >= 4 is 39.5 Å². The van der Waals surface area contributed by atoms with Crippen molar-refractivity contribution in [1.29, 1.82) is 0 Å². The summed E-state index contributed by atoms with van der Waals surface area (Å²) in [5, 5.41) is 10.6. The van der Waals surface area contributed by atoms with Crippen LogP contribution in [0.4, 0.5) is 0 Å². The van der Waals surface area contributed by atoms with Gasteiger partial charge in [0.1, 0.15) is 19.3 Å². The maximum Gasteiger partial charge on any atom is 0.472 e. The van der Waals surface area contributed by atoms with Gasteiger partial charge in [-0.05, 0) is 83.5 Å². The standard InChI is InChI=1S/C79H138O17P2/c1-5-9-13-17-21-25-29-32-35-36-39-41-45-48-52-56-60-64-77(82)90-70-75(96-79(84)66-62-58-54-50-46-42-38-34-31-27-23-19-15-11-7-3)72-94-98(87,88)92-68-73(80)67-91-97(85,86)93-71-74(95-78(83)65-61-57-53-49-43-28-24-20-16-12-8-4)69-89-76(81)63-59-55-51-47-44-40-37-33-30-26-22-18-14-10-6-2/h9-10,13-14,21-22,25-26,32-33,35,37,44,47,55,59,73-75,80H,5-8,11-12,15-20,23-24,27-31,34,36,38-43,45-46,48-54,56-58,60-72H2,1-4H3,(H,85,86)(H,87,88)/b13-9-,14-10-,25-21-,26-22-,35-32-,37-33-,47-44-,59-55-. The number of carbonyl (C=O) groups is 4. The van der Waals surface area contributed by atoms with Gasteiger partial charge in [-0.2, -0.15) is 0 Å². The highest BCUT2D eigenvalue weighted by atomic mass is 31.2. The number of aliphatic hydroxyl groups excluding tert-OH is 1. The van der Waals surface area contributed by atoms with Crippen LogP contribution in [0.15, 0.2) is 97.2 Å². The van der Waals surface area contributed by atoms with Gasteiger partial charge in [-0.25, -0.2) is 9.13 Å². The maximum absolute atomic E-state index is 13.1. The third-order valence-electron chi connectivity index (χ3n) is 16.1. The lowest BCUT2D eigenvalue weighted by Gasteiger charge is -2.21. The summed E-state index contributed by atoms with van der Waals surface area (Å²) in [6.07, 6.45) is 74.3. The van der Waals surface area contributed by atoms with Gasteiger partial charge in [0.25, 0.3) is 0 Å². The fraction of sp³-hybridized carbons (Fsp3) is 0.747. The van der Waals surface area contributed by atoms with Crippen LogP contribution >= 0.6 is 15.6 Å². The monoisotopic (exact) mass is 1420 g/mol. The fourth-order valence-electron chi connectivity index (χ4n) is 10.3. The van der Waals surface area contributed by atoms with E-state index in [4.69, 9.17) is 37.0 Å². The molecule has 0 aliphatic heterocycles. The van der Waals surface area contributed by atoms with Crippen molar-refractivity contribution in [1.82, 2.24) is 0 Å². The fourth-order valence-corrected chi connectivity index (χ4v) is 11.9. The Morgan fingerprint density at radius 1 is 0.306 bits per heavy atom. The molecule has 0 bridgehead atoms. The van der Waals surface area contributed by atoms with Gasteiger partial charge in [-0.1, -0.05) is 311 Å². The van der Waals surface area contributed by atoms with Crippen molar-refractivity contribution in [3.05, 3.63) is 97.2 Å².